The van der Waals surface area contributed by atoms with Gasteiger partial charge in [0.1, 0.15) is 17.6 Å². The molecule has 1 N–H and O–H groups in total. The van der Waals surface area contributed by atoms with Gasteiger partial charge in [0.2, 0.25) is 0 Å². The fourth-order valence-electron chi connectivity index (χ4n) is 4.92. The normalized spacial score (nSPS) is 26.9. The van der Waals surface area contributed by atoms with Gasteiger partial charge in [-0.05, 0) is 42.8 Å². The molecule has 2 aliphatic heterocycles. The van der Waals surface area contributed by atoms with E-state index in [0.29, 0.717) is 25.1 Å². The van der Waals surface area contributed by atoms with Crippen molar-refractivity contribution in [2.45, 2.75) is 37.0 Å². The quantitative estimate of drug-likeness (QED) is 0.699. The number of nitrogens with zero attached hydrogens (tertiary/aromatic N) is 1. The molecule has 5 rings (SSSR count). The molecular formula is C23H22BrNO4. The van der Waals surface area contributed by atoms with Crippen molar-refractivity contribution >= 4 is 21.8 Å². The lowest BCUT2D eigenvalue weighted by molar-refractivity contribution is 0.0674. The van der Waals surface area contributed by atoms with Gasteiger partial charge in [0.25, 0.3) is 5.91 Å². The van der Waals surface area contributed by atoms with E-state index in [9.17, 15) is 9.90 Å². The summed E-state index contributed by atoms with van der Waals surface area (Å²) < 4.78 is 12.9. The molecule has 1 spiro atoms. The van der Waals surface area contributed by atoms with Crippen LogP contribution in [0.5, 0.6) is 11.5 Å². The van der Waals surface area contributed by atoms with Crippen LogP contribution in [0.15, 0.2) is 53.0 Å². The summed E-state index contributed by atoms with van der Waals surface area (Å²) in [6.45, 7) is 1.07. The third-order valence-electron chi connectivity index (χ3n) is 6.35. The van der Waals surface area contributed by atoms with E-state index in [0.717, 1.165) is 33.5 Å². The Kier molecular flexibility index (Phi) is 4.44. The molecule has 29 heavy (non-hydrogen) atoms. The van der Waals surface area contributed by atoms with Crippen LogP contribution in [-0.2, 0) is 12.0 Å². The van der Waals surface area contributed by atoms with Crippen molar-refractivity contribution in [2.75, 3.05) is 13.7 Å². The van der Waals surface area contributed by atoms with Crippen molar-refractivity contribution in [3.05, 3.63) is 69.7 Å². The minimum absolute atomic E-state index is 0.00539. The van der Waals surface area contributed by atoms with Crippen LogP contribution < -0.4 is 9.47 Å². The number of benzene rings is 2. The number of hydrogen-bond donors (Lipinski definition) is 1. The lowest BCUT2D eigenvalue weighted by Gasteiger charge is -2.36. The van der Waals surface area contributed by atoms with Crippen LogP contribution in [0.25, 0.3) is 0 Å². The van der Waals surface area contributed by atoms with Crippen molar-refractivity contribution in [1.82, 2.24) is 4.90 Å². The second kappa shape index (κ2) is 6.89. The Labute approximate surface area is 178 Å². The van der Waals surface area contributed by atoms with Gasteiger partial charge in [-0.2, -0.15) is 0 Å². The molecule has 0 fully saturated rings. The summed E-state index contributed by atoms with van der Waals surface area (Å²) >= 11 is 3.43. The van der Waals surface area contributed by atoms with Crippen molar-refractivity contribution in [2.24, 2.45) is 0 Å². The van der Waals surface area contributed by atoms with E-state index in [2.05, 4.69) is 22.0 Å². The first kappa shape index (κ1) is 18.7. The maximum atomic E-state index is 13.3. The number of halogens is 1. The number of amides is 1. The zero-order valence-electron chi connectivity index (χ0n) is 16.1. The number of ether oxygens (including phenoxy) is 2. The smallest absolute Gasteiger partial charge is 0.254 e. The molecule has 3 aliphatic rings. The van der Waals surface area contributed by atoms with Crippen molar-refractivity contribution in [1.29, 1.82) is 0 Å². The first-order valence-electron chi connectivity index (χ1n) is 9.81. The van der Waals surface area contributed by atoms with Gasteiger partial charge < -0.3 is 19.5 Å². The molecule has 0 saturated heterocycles. The maximum absolute atomic E-state index is 13.3. The average Bonchev–Trinajstić information content (AvgIpc) is 2.93. The maximum Gasteiger partial charge on any atom is 0.254 e. The largest absolute Gasteiger partial charge is 0.496 e. The van der Waals surface area contributed by atoms with Gasteiger partial charge in [-0.15, -0.1) is 0 Å². The Morgan fingerprint density at radius 2 is 2.07 bits per heavy atom. The molecule has 0 bridgehead atoms. The summed E-state index contributed by atoms with van der Waals surface area (Å²) in [4.78, 5) is 15.2. The van der Waals surface area contributed by atoms with Crippen LogP contribution in [0.1, 0.15) is 34.3 Å². The van der Waals surface area contributed by atoms with Gasteiger partial charge in [-0.25, -0.2) is 0 Å². The van der Waals surface area contributed by atoms with Gasteiger partial charge in [-0.1, -0.05) is 28.1 Å². The Hall–Kier alpha value is -2.31. The molecule has 3 atom stereocenters. The number of rotatable bonds is 2. The predicted octanol–water partition coefficient (Wildman–Crippen LogP) is 3.82. The number of aliphatic hydroxyl groups is 1. The molecule has 2 aromatic carbocycles. The molecule has 150 valence electrons. The van der Waals surface area contributed by atoms with Gasteiger partial charge >= 0.3 is 0 Å². The number of methoxy groups -OCH3 is 1. The number of aliphatic hydroxyl groups excluding tert-OH is 1. The number of carbonyl (C=O) groups excluding carboxylic acids is 1. The zero-order valence-corrected chi connectivity index (χ0v) is 17.7. The molecule has 6 heteroatoms. The minimum Gasteiger partial charge on any atom is -0.496 e. The lowest BCUT2D eigenvalue weighted by Crippen LogP contribution is -2.43. The predicted molar refractivity (Wildman–Crippen MR) is 112 cm³/mol. The first-order chi connectivity index (χ1) is 14.0. The van der Waals surface area contributed by atoms with E-state index in [1.165, 1.54) is 0 Å². The van der Waals surface area contributed by atoms with E-state index in [-0.39, 0.29) is 17.4 Å². The topological polar surface area (TPSA) is 59.0 Å². The van der Waals surface area contributed by atoms with E-state index in [4.69, 9.17) is 9.47 Å². The average molecular weight is 456 g/mol. The van der Waals surface area contributed by atoms with Crippen LogP contribution in [0.4, 0.5) is 0 Å². The molecule has 0 radical (unpaired) electrons. The molecule has 2 aromatic rings. The van der Waals surface area contributed by atoms with Crippen molar-refractivity contribution in [3.8, 4) is 11.5 Å². The summed E-state index contributed by atoms with van der Waals surface area (Å²) in [5.41, 5.74) is 2.43. The fraction of sp³-hybridized carbons (Fsp3) is 0.348. The van der Waals surface area contributed by atoms with Gasteiger partial charge in [0, 0.05) is 34.1 Å². The Balaban J connectivity index is 1.60. The fourth-order valence-corrected chi connectivity index (χ4v) is 5.19. The number of hydrogen-bond acceptors (Lipinski definition) is 4. The van der Waals surface area contributed by atoms with E-state index < -0.39 is 6.10 Å². The highest BCUT2D eigenvalue weighted by atomic mass is 79.9. The highest BCUT2D eigenvalue weighted by molar-refractivity contribution is 9.10. The van der Waals surface area contributed by atoms with Crippen molar-refractivity contribution in [3.63, 3.8) is 0 Å². The molecule has 0 saturated carbocycles. The van der Waals surface area contributed by atoms with Crippen LogP contribution in [0, 0.1) is 0 Å². The summed E-state index contributed by atoms with van der Waals surface area (Å²) in [5.74, 6) is 1.61. The molecule has 1 aliphatic carbocycles. The number of carbonyl (C=O) groups is 1. The SMILES string of the molecule is COc1ccc2c3c1CN(C(=O)c1ccc(Br)cc1)CCC31C=C[C@H](O)C[C@@H]1O2. The Bertz CT molecular complexity index is 1000. The second-order valence-corrected chi connectivity index (χ2v) is 8.83. The second-order valence-electron chi connectivity index (χ2n) is 7.91. The van der Waals surface area contributed by atoms with Gasteiger partial charge in [0.05, 0.1) is 25.2 Å². The first-order valence-corrected chi connectivity index (χ1v) is 10.6. The Morgan fingerprint density at radius 3 is 2.83 bits per heavy atom. The van der Waals surface area contributed by atoms with E-state index in [1.807, 2.05) is 47.4 Å². The summed E-state index contributed by atoms with van der Waals surface area (Å²) in [7, 11) is 1.66. The molecular weight excluding hydrogens is 434 g/mol. The van der Waals surface area contributed by atoms with Crippen LogP contribution in [-0.4, -0.2) is 41.8 Å². The Morgan fingerprint density at radius 1 is 1.28 bits per heavy atom. The molecule has 0 aromatic heterocycles. The minimum atomic E-state index is -0.506. The third-order valence-corrected chi connectivity index (χ3v) is 6.88. The van der Waals surface area contributed by atoms with E-state index in [1.54, 1.807) is 7.11 Å². The molecule has 2 heterocycles. The van der Waals surface area contributed by atoms with Gasteiger partial charge in [-0.3, -0.25) is 4.79 Å². The van der Waals surface area contributed by atoms with Crippen molar-refractivity contribution < 1.29 is 19.4 Å². The van der Waals surface area contributed by atoms with Crippen LogP contribution in [0.3, 0.4) is 0 Å². The van der Waals surface area contributed by atoms with Gasteiger partial charge in [0.15, 0.2) is 0 Å². The lowest BCUT2D eigenvalue weighted by atomic mass is 9.69. The highest BCUT2D eigenvalue weighted by Gasteiger charge is 2.52. The monoisotopic (exact) mass is 455 g/mol. The highest BCUT2D eigenvalue weighted by Crippen LogP contribution is 2.54. The van der Waals surface area contributed by atoms with Crippen LogP contribution in [0.2, 0.25) is 0 Å². The standard InChI is InChI=1S/C23H22BrNO4/c1-28-18-6-7-19-21-17(18)13-25(22(27)14-2-4-15(24)5-3-14)11-10-23(21)9-8-16(26)12-20(23)29-19/h2-9,16,20,26H,10-13H2,1H3/t16-,20-,23?/m0/s1. The summed E-state index contributed by atoms with van der Waals surface area (Å²) in [6.07, 6.45) is 4.61. The zero-order chi connectivity index (χ0) is 20.2. The molecule has 1 amide bonds. The molecule has 5 nitrogen and oxygen atoms in total. The third kappa shape index (κ3) is 2.89. The summed E-state index contributed by atoms with van der Waals surface area (Å²) in [6, 6.07) is 11.3. The summed E-state index contributed by atoms with van der Waals surface area (Å²) in [5, 5.41) is 10.2. The molecule has 1 unspecified atom stereocenters. The van der Waals surface area contributed by atoms with E-state index >= 15 is 0 Å². The van der Waals surface area contributed by atoms with Crippen LogP contribution >= 0.6 is 15.9 Å².